The molecule has 190 valence electrons. The summed E-state index contributed by atoms with van der Waals surface area (Å²) in [7, 11) is 0. The molecule has 3 N–H and O–H groups in total. The summed E-state index contributed by atoms with van der Waals surface area (Å²) in [5, 5.41) is 7.16. The number of fused-ring (bicyclic) bond motifs is 1. The van der Waals surface area contributed by atoms with E-state index in [4.69, 9.17) is 0 Å². The molecular formula is C33H31N3O2. The van der Waals surface area contributed by atoms with Gasteiger partial charge >= 0.3 is 0 Å². The first-order chi connectivity index (χ1) is 18.5. The number of rotatable bonds is 8. The summed E-state index contributed by atoms with van der Waals surface area (Å²) in [6.45, 7) is 4.05. The highest BCUT2D eigenvalue weighted by atomic mass is 16.2. The Hall–Kier alpha value is -4.64. The Balaban J connectivity index is 1.47. The lowest BCUT2D eigenvalue weighted by Gasteiger charge is -2.23. The summed E-state index contributed by atoms with van der Waals surface area (Å²) in [6.07, 6.45) is 2.27. The number of para-hydroxylation sites is 1. The largest absolute Gasteiger partial charge is 0.361 e. The normalized spacial score (nSPS) is 11.9. The quantitative estimate of drug-likeness (QED) is 0.234. The molecule has 4 aromatic carbocycles. The highest BCUT2D eigenvalue weighted by Crippen LogP contribution is 2.26. The van der Waals surface area contributed by atoms with Gasteiger partial charge in [-0.1, -0.05) is 84.9 Å². The van der Waals surface area contributed by atoms with E-state index in [9.17, 15) is 9.59 Å². The second-order valence-electron chi connectivity index (χ2n) is 9.67. The second-order valence-corrected chi connectivity index (χ2v) is 9.67. The highest BCUT2D eigenvalue weighted by Gasteiger charge is 2.29. The third-order valence-electron chi connectivity index (χ3n) is 7.03. The van der Waals surface area contributed by atoms with Crippen LogP contribution in [0.4, 0.5) is 5.69 Å². The average Bonchev–Trinajstić information content (AvgIpc) is 3.34. The fourth-order valence-electron chi connectivity index (χ4n) is 4.82. The maximum atomic E-state index is 13.9. The van der Waals surface area contributed by atoms with E-state index in [0.29, 0.717) is 12.1 Å². The Morgan fingerprint density at radius 3 is 2.03 bits per heavy atom. The number of benzene rings is 4. The number of carbonyl (C=O) groups is 2. The molecule has 0 fully saturated rings. The zero-order valence-electron chi connectivity index (χ0n) is 21.6. The maximum Gasteiger partial charge on any atom is 0.247 e. The lowest BCUT2D eigenvalue weighted by molar-refractivity contribution is -0.126. The van der Waals surface area contributed by atoms with E-state index in [0.717, 1.165) is 38.7 Å². The Labute approximate surface area is 222 Å². The van der Waals surface area contributed by atoms with Crippen molar-refractivity contribution >= 4 is 28.4 Å². The first kappa shape index (κ1) is 25.0. The number of aryl methyl sites for hydroxylation is 2. The molecule has 0 unspecified atom stereocenters. The molecule has 5 aromatic rings. The lowest BCUT2D eigenvalue weighted by Crippen LogP contribution is -2.47. The minimum atomic E-state index is -0.779. The highest BCUT2D eigenvalue weighted by molar-refractivity contribution is 5.99. The summed E-state index contributed by atoms with van der Waals surface area (Å²) in [4.78, 5) is 30.8. The minimum absolute atomic E-state index is 0.220. The van der Waals surface area contributed by atoms with E-state index < -0.39 is 12.0 Å². The zero-order chi connectivity index (χ0) is 26.5. The number of hydrogen-bond acceptors (Lipinski definition) is 2. The van der Waals surface area contributed by atoms with Gasteiger partial charge in [0, 0.05) is 29.2 Å². The summed E-state index contributed by atoms with van der Waals surface area (Å²) >= 11 is 0. The van der Waals surface area contributed by atoms with Crippen LogP contribution in [0, 0.1) is 13.8 Å². The van der Waals surface area contributed by atoms with Gasteiger partial charge in [0.15, 0.2) is 0 Å². The van der Waals surface area contributed by atoms with E-state index in [-0.39, 0.29) is 11.8 Å². The lowest BCUT2D eigenvalue weighted by atomic mass is 9.90. The van der Waals surface area contributed by atoms with Gasteiger partial charge in [-0.3, -0.25) is 9.59 Å². The van der Waals surface area contributed by atoms with Crippen molar-refractivity contribution in [1.82, 2.24) is 10.3 Å². The predicted molar refractivity (Wildman–Crippen MR) is 153 cm³/mol. The summed E-state index contributed by atoms with van der Waals surface area (Å²) < 4.78 is 0. The van der Waals surface area contributed by atoms with Crippen molar-refractivity contribution in [2.24, 2.45) is 0 Å². The van der Waals surface area contributed by atoms with Crippen molar-refractivity contribution in [2.75, 3.05) is 5.32 Å². The van der Waals surface area contributed by atoms with E-state index in [1.54, 1.807) is 0 Å². The number of carbonyl (C=O) groups excluding carboxylic acids is 2. The molecule has 5 heteroatoms. The van der Waals surface area contributed by atoms with Gasteiger partial charge in [-0.2, -0.15) is 0 Å². The Morgan fingerprint density at radius 1 is 0.737 bits per heavy atom. The van der Waals surface area contributed by atoms with Crippen molar-refractivity contribution in [3.8, 4) is 0 Å². The number of nitrogens with one attached hydrogen (secondary N) is 3. The maximum absolute atomic E-state index is 13.9. The molecule has 0 saturated carbocycles. The molecule has 5 nitrogen and oxygen atoms in total. The zero-order valence-corrected chi connectivity index (χ0v) is 21.6. The van der Waals surface area contributed by atoms with Gasteiger partial charge in [-0.15, -0.1) is 0 Å². The monoisotopic (exact) mass is 501 g/mol. The van der Waals surface area contributed by atoms with Crippen molar-refractivity contribution < 1.29 is 9.59 Å². The first-order valence-electron chi connectivity index (χ1n) is 12.8. The fourth-order valence-corrected chi connectivity index (χ4v) is 4.82. The van der Waals surface area contributed by atoms with E-state index in [1.807, 2.05) is 123 Å². The summed E-state index contributed by atoms with van der Waals surface area (Å²) in [5.74, 6) is -1.02. The summed E-state index contributed by atoms with van der Waals surface area (Å²) in [6, 6.07) is 32.4. The Morgan fingerprint density at radius 2 is 1.37 bits per heavy atom. The van der Waals surface area contributed by atoms with Crippen LogP contribution in [0.1, 0.15) is 33.7 Å². The van der Waals surface area contributed by atoms with Crippen LogP contribution in [0.15, 0.2) is 109 Å². The van der Waals surface area contributed by atoms with Gasteiger partial charge in [-0.05, 0) is 59.9 Å². The number of H-pyrrole nitrogens is 1. The van der Waals surface area contributed by atoms with Gasteiger partial charge in [0.2, 0.25) is 11.8 Å². The van der Waals surface area contributed by atoms with E-state index in [2.05, 4.69) is 15.6 Å². The Kier molecular flexibility index (Phi) is 7.36. The molecule has 1 heterocycles. The van der Waals surface area contributed by atoms with Crippen LogP contribution < -0.4 is 10.6 Å². The van der Waals surface area contributed by atoms with Gasteiger partial charge < -0.3 is 15.6 Å². The molecular weight excluding hydrogens is 470 g/mol. The Bertz CT molecular complexity index is 1520. The van der Waals surface area contributed by atoms with Gasteiger partial charge in [-0.25, -0.2) is 0 Å². The van der Waals surface area contributed by atoms with Crippen molar-refractivity contribution in [3.05, 3.63) is 137 Å². The van der Waals surface area contributed by atoms with Crippen molar-refractivity contribution in [3.63, 3.8) is 0 Å². The van der Waals surface area contributed by atoms with Gasteiger partial charge in [0.25, 0.3) is 0 Å². The van der Waals surface area contributed by atoms with Crippen molar-refractivity contribution in [2.45, 2.75) is 32.2 Å². The predicted octanol–water partition coefficient (Wildman–Crippen LogP) is 6.28. The molecule has 0 saturated heterocycles. The summed E-state index contributed by atoms with van der Waals surface area (Å²) in [5.41, 5.74) is 6.66. The smallest absolute Gasteiger partial charge is 0.247 e. The third-order valence-corrected chi connectivity index (χ3v) is 7.03. The van der Waals surface area contributed by atoms with Crippen LogP contribution >= 0.6 is 0 Å². The van der Waals surface area contributed by atoms with E-state index >= 15 is 0 Å². The molecule has 0 aliphatic rings. The second kappa shape index (κ2) is 11.2. The van der Waals surface area contributed by atoms with Crippen LogP contribution in [-0.4, -0.2) is 22.8 Å². The minimum Gasteiger partial charge on any atom is -0.361 e. The average molecular weight is 502 g/mol. The molecule has 0 radical (unpaired) electrons. The molecule has 1 atom stereocenters. The number of hydrogen-bond donors (Lipinski definition) is 3. The standard InChI is InChI=1S/C33H31N3O2/c1-22-17-18-27(19-23(22)2)35-32(37)30(20-26-21-34-29-16-10-9-15-28(26)29)36-33(38)31(24-11-5-3-6-12-24)25-13-7-4-8-14-25/h3-19,21,30-31,34H,20H2,1-2H3,(H,35,37)(H,36,38)/t30-/m0/s1. The molecule has 38 heavy (non-hydrogen) atoms. The molecule has 0 aliphatic carbocycles. The third kappa shape index (κ3) is 5.52. The van der Waals surface area contributed by atoms with Crippen LogP contribution in [0.5, 0.6) is 0 Å². The molecule has 0 aliphatic heterocycles. The van der Waals surface area contributed by atoms with E-state index in [1.165, 1.54) is 0 Å². The van der Waals surface area contributed by atoms with Crippen LogP contribution in [0.25, 0.3) is 10.9 Å². The fraction of sp³-hybridized carbons (Fsp3) is 0.152. The van der Waals surface area contributed by atoms with Crippen molar-refractivity contribution in [1.29, 1.82) is 0 Å². The number of aromatic nitrogens is 1. The molecule has 1 aromatic heterocycles. The molecule has 5 rings (SSSR count). The van der Waals surface area contributed by atoms with Gasteiger partial charge in [0.1, 0.15) is 6.04 Å². The van der Waals surface area contributed by atoms with Crippen LogP contribution in [0.2, 0.25) is 0 Å². The topological polar surface area (TPSA) is 74.0 Å². The number of anilines is 1. The number of amides is 2. The molecule has 2 amide bonds. The SMILES string of the molecule is Cc1ccc(NC(=O)[C@H](Cc2c[nH]c3ccccc23)NC(=O)C(c2ccccc2)c2ccccc2)cc1C. The molecule has 0 bridgehead atoms. The molecule has 0 spiro atoms. The van der Waals surface area contributed by atoms with Crippen LogP contribution in [-0.2, 0) is 16.0 Å². The van der Waals surface area contributed by atoms with Crippen LogP contribution in [0.3, 0.4) is 0 Å². The number of aromatic amines is 1. The van der Waals surface area contributed by atoms with Gasteiger partial charge in [0.05, 0.1) is 5.92 Å². The first-order valence-corrected chi connectivity index (χ1v) is 12.8.